The molecule has 1 aromatic rings. The molecule has 0 saturated carbocycles. The SMILES string of the molecule is CC(C)CC(NCC(=O)Nc1cc(Cl)ccc1Cl)C(=O)O. The topological polar surface area (TPSA) is 78.4 Å². The zero-order valence-corrected chi connectivity index (χ0v) is 13.3. The Labute approximate surface area is 133 Å². The van der Waals surface area contributed by atoms with Gasteiger partial charge >= 0.3 is 5.97 Å². The average Bonchev–Trinajstić information content (AvgIpc) is 2.38. The van der Waals surface area contributed by atoms with Gasteiger partial charge in [0.25, 0.3) is 0 Å². The fraction of sp³-hybridized carbons (Fsp3) is 0.429. The van der Waals surface area contributed by atoms with Gasteiger partial charge in [-0.2, -0.15) is 0 Å². The Kier molecular flexibility index (Phi) is 6.95. The number of anilines is 1. The summed E-state index contributed by atoms with van der Waals surface area (Å²) < 4.78 is 0. The molecule has 0 heterocycles. The molecule has 0 radical (unpaired) electrons. The van der Waals surface area contributed by atoms with E-state index in [2.05, 4.69) is 10.6 Å². The van der Waals surface area contributed by atoms with Crippen LogP contribution in [-0.4, -0.2) is 29.6 Å². The molecular weight excluding hydrogens is 315 g/mol. The standard InChI is InChI=1S/C14H18Cl2N2O3/c1-8(2)5-12(14(20)21)17-7-13(19)18-11-6-9(15)3-4-10(11)16/h3-4,6,8,12,17H,5,7H2,1-2H3,(H,18,19)(H,20,21). The van der Waals surface area contributed by atoms with Crippen LogP contribution < -0.4 is 10.6 Å². The molecule has 1 amide bonds. The van der Waals surface area contributed by atoms with E-state index < -0.39 is 12.0 Å². The van der Waals surface area contributed by atoms with Crippen LogP contribution >= 0.6 is 23.2 Å². The summed E-state index contributed by atoms with van der Waals surface area (Å²) in [4.78, 5) is 22.9. The minimum absolute atomic E-state index is 0.119. The maximum absolute atomic E-state index is 11.8. The second kappa shape index (κ2) is 8.22. The first kappa shape index (κ1) is 17.8. The summed E-state index contributed by atoms with van der Waals surface area (Å²) in [5, 5.41) is 15.2. The highest BCUT2D eigenvalue weighted by Crippen LogP contribution is 2.25. The zero-order valence-electron chi connectivity index (χ0n) is 11.8. The molecule has 0 bridgehead atoms. The third kappa shape index (κ3) is 6.33. The number of halogens is 2. The third-order valence-corrected chi connectivity index (χ3v) is 3.28. The third-order valence-electron chi connectivity index (χ3n) is 2.72. The van der Waals surface area contributed by atoms with E-state index in [-0.39, 0.29) is 18.4 Å². The second-order valence-electron chi connectivity index (χ2n) is 5.07. The van der Waals surface area contributed by atoms with Gasteiger partial charge in [-0.05, 0) is 30.5 Å². The van der Waals surface area contributed by atoms with E-state index in [1.165, 1.54) is 6.07 Å². The summed E-state index contributed by atoms with van der Waals surface area (Å²) in [5.74, 6) is -1.14. The van der Waals surface area contributed by atoms with Crippen LogP contribution in [0.3, 0.4) is 0 Å². The van der Waals surface area contributed by atoms with Crippen molar-refractivity contribution >= 4 is 40.8 Å². The normalized spacial score (nSPS) is 12.2. The van der Waals surface area contributed by atoms with E-state index in [1.54, 1.807) is 12.1 Å². The van der Waals surface area contributed by atoms with Gasteiger partial charge in [-0.15, -0.1) is 0 Å². The Morgan fingerprint density at radius 3 is 2.52 bits per heavy atom. The van der Waals surface area contributed by atoms with Gasteiger partial charge < -0.3 is 10.4 Å². The van der Waals surface area contributed by atoms with Crippen LogP contribution in [0.15, 0.2) is 18.2 Å². The van der Waals surface area contributed by atoms with Crippen molar-refractivity contribution in [1.29, 1.82) is 0 Å². The lowest BCUT2D eigenvalue weighted by Crippen LogP contribution is -2.42. The molecule has 0 aliphatic carbocycles. The lowest BCUT2D eigenvalue weighted by molar-refractivity contribution is -0.139. The van der Waals surface area contributed by atoms with Crippen molar-refractivity contribution in [3.8, 4) is 0 Å². The van der Waals surface area contributed by atoms with Crippen molar-refractivity contribution in [1.82, 2.24) is 5.32 Å². The summed E-state index contributed by atoms with van der Waals surface area (Å²) in [7, 11) is 0. The summed E-state index contributed by atoms with van der Waals surface area (Å²) in [5.41, 5.74) is 0.395. The van der Waals surface area contributed by atoms with Crippen molar-refractivity contribution in [2.45, 2.75) is 26.3 Å². The van der Waals surface area contributed by atoms with Gasteiger partial charge in [0.1, 0.15) is 6.04 Å². The summed E-state index contributed by atoms with van der Waals surface area (Å²) >= 11 is 11.8. The molecule has 5 nitrogen and oxygen atoms in total. The highest BCUT2D eigenvalue weighted by atomic mass is 35.5. The van der Waals surface area contributed by atoms with Crippen LogP contribution in [0.1, 0.15) is 20.3 Å². The number of benzene rings is 1. The molecule has 1 unspecified atom stereocenters. The molecule has 0 saturated heterocycles. The molecule has 0 spiro atoms. The van der Waals surface area contributed by atoms with Crippen LogP contribution in [0.25, 0.3) is 0 Å². The van der Waals surface area contributed by atoms with E-state index in [0.717, 1.165) is 0 Å². The number of carboxylic acid groups (broad SMARTS) is 1. The number of nitrogens with one attached hydrogen (secondary N) is 2. The number of carbonyl (C=O) groups excluding carboxylic acids is 1. The number of carboxylic acids is 1. The van der Waals surface area contributed by atoms with Crippen molar-refractivity contribution in [2.75, 3.05) is 11.9 Å². The van der Waals surface area contributed by atoms with Crippen LogP contribution in [0.2, 0.25) is 10.0 Å². The second-order valence-corrected chi connectivity index (χ2v) is 5.92. The lowest BCUT2D eigenvalue weighted by atomic mass is 10.0. The predicted molar refractivity (Wildman–Crippen MR) is 84.0 cm³/mol. The maximum Gasteiger partial charge on any atom is 0.320 e. The first-order valence-corrected chi connectivity index (χ1v) is 7.26. The Bertz CT molecular complexity index is 521. The Balaban J connectivity index is 2.57. The largest absolute Gasteiger partial charge is 0.480 e. The van der Waals surface area contributed by atoms with Crippen molar-refractivity contribution in [2.24, 2.45) is 5.92 Å². The van der Waals surface area contributed by atoms with Gasteiger partial charge in [-0.1, -0.05) is 37.0 Å². The fourth-order valence-electron chi connectivity index (χ4n) is 1.75. The van der Waals surface area contributed by atoms with Gasteiger partial charge in [0.15, 0.2) is 0 Å². The van der Waals surface area contributed by atoms with Crippen molar-refractivity contribution < 1.29 is 14.7 Å². The highest BCUT2D eigenvalue weighted by Gasteiger charge is 2.19. The molecule has 0 aliphatic heterocycles. The van der Waals surface area contributed by atoms with Gasteiger partial charge in [0, 0.05) is 5.02 Å². The number of rotatable bonds is 7. The van der Waals surface area contributed by atoms with Crippen LogP contribution in [-0.2, 0) is 9.59 Å². The van der Waals surface area contributed by atoms with E-state index in [9.17, 15) is 9.59 Å². The summed E-state index contributed by atoms with van der Waals surface area (Å²) in [6, 6.07) is 3.96. The Hall–Kier alpha value is -1.30. The van der Waals surface area contributed by atoms with Crippen LogP contribution in [0.4, 0.5) is 5.69 Å². The molecule has 7 heteroatoms. The minimum Gasteiger partial charge on any atom is -0.480 e. The van der Waals surface area contributed by atoms with Crippen molar-refractivity contribution in [3.05, 3.63) is 28.2 Å². The van der Waals surface area contributed by atoms with E-state index in [4.69, 9.17) is 28.3 Å². The number of aliphatic carboxylic acids is 1. The lowest BCUT2D eigenvalue weighted by Gasteiger charge is -2.16. The van der Waals surface area contributed by atoms with E-state index in [1.807, 2.05) is 13.8 Å². The Morgan fingerprint density at radius 1 is 1.29 bits per heavy atom. The first-order valence-electron chi connectivity index (χ1n) is 6.50. The number of amides is 1. The fourth-order valence-corrected chi connectivity index (χ4v) is 2.08. The molecule has 3 N–H and O–H groups in total. The molecule has 116 valence electrons. The van der Waals surface area contributed by atoms with E-state index >= 15 is 0 Å². The molecule has 1 rings (SSSR count). The number of hydrogen-bond acceptors (Lipinski definition) is 3. The van der Waals surface area contributed by atoms with Gasteiger partial charge in [0.2, 0.25) is 5.91 Å². The Morgan fingerprint density at radius 2 is 1.95 bits per heavy atom. The molecule has 1 aromatic carbocycles. The van der Waals surface area contributed by atoms with Crippen molar-refractivity contribution in [3.63, 3.8) is 0 Å². The first-order chi connectivity index (χ1) is 9.79. The zero-order chi connectivity index (χ0) is 16.0. The highest BCUT2D eigenvalue weighted by molar-refractivity contribution is 6.35. The average molecular weight is 333 g/mol. The smallest absolute Gasteiger partial charge is 0.320 e. The number of hydrogen-bond donors (Lipinski definition) is 3. The molecule has 0 aliphatic rings. The van der Waals surface area contributed by atoms with Gasteiger partial charge in [-0.25, -0.2) is 0 Å². The van der Waals surface area contributed by atoms with Gasteiger partial charge in [0.05, 0.1) is 17.3 Å². The van der Waals surface area contributed by atoms with Crippen LogP contribution in [0, 0.1) is 5.92 Å². The summed E-state index contributed by atoms with van der Waals surface area (Å²) in [6.45, 7) is 3.72. The molecule has 0 fully saturated rings. The molecular formula is C14H18Cl2N2O3. The van der Waals surface area contributed by atoms with Crippen LogP contribution in [0.5, 0.6) is 0 Å². The molecule has 21 heavy (non-hydrogen) atoms. The number of carbonyl (C=O) groups is 2. The maximum atomic E-state index is 11.8. The quantitative estimate of drug-likeness (QED) is 0.717. The van der Waals surface area contributed by atoms with E-state index in [0.29, 0.717) is 22.2 Å². The molecule has 1 atom stereocenters. The minimum atomic E-state index is -0.975. The monoisotopic (exact) mass is 332 g/mol. The molecule has 0 aromatic heterocycles. The summed E-state index contributed by atoms with van der Waals surface area (Å²) in [6.07, 6.45) is 0.445. The predicted octanol–water partition coefficient (Wildman–Crippen LogP) is 3.02. The van der Waals surface area contributed by atoms with Gasteiger partial charge in [-0.3, -0.25) is 14.9 Å².